The Labute approximate surface area is 121 Å². The monoisotopic (exact) mass is 277 g/mol. The van der Waals surface area contributed by atoms with E-state index < -0.39 is 0 Å². The van der Waals surface area contributed by atoms with Gasteiger partial charge in [-0.05, 0) is 30.4 Å². The third kappa shape index (κ3) is 4.29. The molecule has 0 spiro atoms. The minimum Gasteiger partial charge on any atom is -0.389 e. The van der Waals surface area contributed by atoms with Gasteiger partial charge in [-0.3, -0.25) is 0 Å². The zero-order valence-corrected chi connectivity index (χ0v) is 12.4. The van der Waals surface area contributed by atoms with Crippen LogP contribution in [0.15, 0.2) is 24.3 Å². The predicted octanol–water partition coefficient (Wildman–Crippen LogP) is 3.81. The molecule has 0 heterocycles. The third-order valence-corrected chi connectivity index (χ3v) is 4.24. The van der Waals surface area contributed by atoms with E-state index in [-0.39, 0.29) is 0 Å². The largest absolute Gasteiger partial charge is 0.389 e. The molecule has 1 saturated carbocycles. The van der Waals surface area contributed by atoms with E-state index in [1.807, 2.05) is 18.2 Å². The Kier molecular flexibility index (Phi) is 5.34. The van der Waals surface area contributed by atoms with Crippen molar-refractivity contribution < 1.29 is 4.74 Å². The Morgan fingerprint density at radius 2 is 2.26 bits per heavy atom. The van der Waals surface area contributed by atoms with Crippen LogP contribution in [-0.2, 0) is 11.3 Å². The predicted molar refractivity (Wildman–Crippen MR) is 83.2 cm³/mol. The standard InChI is InChI=1S/C16H23NOS/c1-2-12-5-4-8-15(10-12)18-11-13-6-3-7-14(9-13)16(17)19/h3,6-7,9,12,15H,2,4-5,8,10-11H2,1H3,(H2,17,19). The molecule has 1 aliphatic rings. The molecule has 0 bridgehead atoms. The van der Waals surface area contributed by atoms with E-state index in [0.29, 0.717) is 17.7 Å². The van der Waals surface area contributed by atoms with E-state index in [1.165, 1.54) is 32.1 Å². The first-order valence-corrected chi connectivity index (χ1v) is 7.60. The number of benzene rings is 1. The molecule has 1 aromatic rings. The highest BCUT2D eigenvalue weighted by Gasteiger charge is 2.21. The van der Waals surface area contributed by atoms with Crippen LogP contribution in [0.4, 0.5) is 0 Å². The first kappa shape index (κ1) is 14.5. The van der Waals surface area contributed by atoms with Gasteiger partial charge in [0.1, 0.15) is 4.99 Å². The normalized spacial score (nSPS) is 23.2. The van der Waals surface area contributed by atoms with Gasteiger partial charge in [-0.1, -0.05) is 56.6 Å². The lowest BCUT2D eigenvalue weighted by molar-refractivity contribution is 0.00177. The molecule has 2 atom stereocenters. The number of hydrogen-bond donors (Lipinski definition) is 1. The highest BCUT2D eigenvalue weighted by molar-refractivity contribution is 7.80. The van der Waals surface area contributed by atoms with Gasteiger partial charge in [-0.2, -0.15) is 0 Å². The summed E-state index contributed by atoms with van der Waals surface area (Å²) in [7, 11) is 0. The van der Waals surface area contributed by atoms with Crippen LogP contribution < -0.4 is 5.73 Å². The second-order valence-corrected chi connectivity index (χ2v) is 5.88. The summed E-state index contributed by atoms with van der Waals surface area (Å²) in [4.78, 5) is 0.450. The van der Waals surface area contributed by atoms with Crippen LogP contribution in [0.25, 0.3) is 0 Å². The summed E-state index contributed by atoms with van der Waals surface area (Å²) in [6, 6.07) is 8.03. The van der Waals surface area contributed by atoms with Crippen molar-refractivity contribution in [2.24, 2.45) is 11.7 Å². The molecule has 2 nitrogen and oxygen atoms in total. The van der Waals surface area contributed by atoms with Crippen molar-refractivity contribution in [3.8, 4) is 0 Å². The molecule has 0 aromatic heterocycles. The summed E-state index contributed by atoms with van der Waals surface area (Å²) in [6.45, 7) is 2.94. The molecule has 19 heavy (non-hydrogen) atoms. The van der Waals surface area contributed by atoms with Crippen LogP contribution in [0, 0.1) is 5.92 Å². The molecular formula is C16H23NOS. The molecule has 3 heteroatoms. The van der Waals surface area contributed by atoms with Gasteiger partial charge in [-0.25, -0.2) is 0 Å². The lowest BCUT2D eigenvalue weighted by Gasteiger charge is -2.28. The van der Waals surface area contributed by atoms with Crippen molar-refractivity contribution in [1.82, 2.24) is 0 Å². The molecule has 0 amide bonds. The van der Waals surface area contributed by atoms with Crippen molar-refractivity contribution >= 4 is 17.2 Å². The first-order chi connectivity index (χ1) is 9.19. The van der Waals surface area contributed by atoms with Crippen molar-refractivity contribution in [3.63, 3.8) is 0 Å². The van der Waals surface area contributed by atoms with Gasteiger partial charge < -0.3 is 10.5 Å². The highest BCUT2D eigenvalue weighted by Crippen LogP contribution is 2.28. The number of nitrogens with two attached hydrogens (primary N) is 1. The fraction of sp³-hybridized carbons (Fsp3) is 0.562. The van der Waals surface area contributed by atoms with Crippen LogP contribution in [0.1, 0.15) is 50.2 Å². The van der Waals surface area contributed by atoms with Crippen molar-refractivity contribution in [2.75, 3.05) is 0 Å². The van der Waals surface area contributed by atoms with E-state index in [1.54, 1.807) is 0 Å². The summed E-state index contributed by atoms with van der Waals surface area (Å²) in [5.41, 5.74) is 7.73. The van der Waals surface area contributed by atoms with Gasteiger partial charge >= 0.3 is 0 Å². The summed E-state index contributed by atoms with van der Waals surface area (Å²) in [5, 5.41) is 0. The maximum Gasteiger partial charge on any atom is 0.103 e. The molecule has 0 aliphatic heterocycles. The Hall–Kier alpha value is -0.930. The number of thiocarbonyl (C=S) groups is 1. The van der Waals surface area contributed by atoms with E-state index in [9.17, 15) is 0 Å². The Morgan fingerprint density at radius 3 is 3.00 bits per heavy atom. The lowest BCUT2D eigenvalue weighted by atomic mass is 9.85. The minimum atomic E-state index is 0.423. The van der Waals surface area contributed by atoms with Crippen LogP contribution in [0.2, 0.25) is 0 Å². The maximum absolute atomic E-state index is 6.05. The van der Waals surface area contributed by atoms with Gasteiger partial charge in [0.05, 0.1) is 12.7 Å². The van der Waals surface area contributed by atoms with Gasteiger partial charge in [0, 0.05) is 5.56 Å². The summed E-state index contributed by atoms with van der Waals surface area (Å²) in [5.74, 6) is 0.849. The van der Waals surface area contributed by atoms with Crippen LogP contribution >= 0.6 is 12.2 Å². The average molecular weight is 277 g/mol. The summed E-state index contributed by atoms with van der Waals surface area (Å²) in [6.07, 6.45) is 6.78. The molecule has 0 radical (unpaired) electrons. The molecular weight excluding hydrogens is 254 g/mol. The van der Waals surface area contributed by atoms with Crippen molar-refractivity contribution in [2.45, 2.75) is 51.7 Å². The van der Waals surface area contributed by atoms with E-state index in [0.717, 1.165) is 17.0 Å². The number of hydrogen-bond acceptors (Lipinski definition) is 2. The fourth-order valence-corrected chi connectivity index (χ4v) is 2.92. The van der Waals surface area contributed by atoms with E-state index >= 15 is 0 Å². The molecule has 2 rings (SSSR count). The zero-order valence-electron chi connectivity index (χ0n) is 11.6. The second kappa shape index (κ2) is 7.01. The smallest absolute Gasteiger partial charge is 0.103 e. The third-order valence-electron chi connectivity index (χ3n) is 4.01. The zero-order chi connectivity index (χ0) is 13.7. The molecule has 0 saturated heterocycles. The second-order valence-electron chi connectivity index (χ2n) is 5.44. The van der Waals surface area contributed by atoms with Gasteiger partial charge in [0.2, 0.25) is 0 Å². The van der Waals surface area contributed by atoms with Crippen LogP contribution in [0.5, 0.6) is 0 Å². The van der Waals surface area contributed by atoms with Gasteiger partial charge in [-0.15, -0.1) is 0 Å². The SMILES string of the molecule is CCC1CCCC(OCc2cccc(C(N)=S)c2)C1. The molecule has 104 valence electrons. The number of rotatable bonds is 5. The first-order valence-electron chi connectivity index (χ1n) is 7.19. The Bertz CT molecular complexity index is 433. The van der Waals surface area contributed by atoms with Crippen LogP contribution in [-0.4, -0.2) is 11.1 Å². The Morgan fingerprint density at radius 1 is 1.42 bits per heavy atom. The average Bonchev–Trinajstić information content (AvgIpc) is 2.45. The van der Waals surface area contributed by atoms with Crippen molar-refractivity contribution in [1.29, 1.82) is 0 Å². The lowest BCUT2D eigenvalue weighted by Crippen LogP contribution is -2.22. The molecule has 2 unspecified atom stereocenters. The minimum absolute atomic E-state index is 0.423. The van der Waals surface area contributed by atoms with Crippen molar-refractivity contribution in [3.05, 3.63) is 35.4 Å². The summed E-state index contributed by atoms with van der Waals surface area (Å²) >= 11 is 5.00. The molecule has 1 aromatic carbocycles. The number of ether oxygens (including phenoxy) is 1. The van der Waals surface area contributed by atoms with Gasteiger partial charge in [0.15, 0.2) is 0 Å². The van der Waals surface area contributed by atoms with E-state index in [2.05, 4.69) is 13.0 Å². The maximum atomic E-state index is 6.05. The quantitative estimate of drug-likeness (QED) is 0.831. The van der Waals surface area contributed by atoms with Crippen LogP contribution in [0.3, 0.4) is 0 Å². The topological polar surface area (TPSA) is 35.2 Å². The molecule has 1 fully saturated rings. The Balaban J connectivity index is 1.88. The fourth-order valence-electron chi connectivity index (χ4n) is 2.79. The van der Waals surface area contributed by atoms with Gasteiger partial charge in [0.25, 0.3) is 0 Å². The molecule has 1 aliphatic carbocycles. The molecule has 2 N–H and O–H groups in total. The highest BCUT2D eigenvalue weighted by atomic mass is 32.1. The summed E-state index contributed by atoms with van der Waals surface area (Å²) < 4.78 is 6.05. The van der Waals surface area contributed by atoms with E-state index in [4.69, 9.17) is 22.7 Å².